The predicted molar refractivity (Wildman–Crippen MR) is 58.1 cm³/mol. The van der Waals surface area contributed by atoms with Gasteiger partial charge in [-0.25, -0.2) is 9.37 Å². The second-order valence-corrected chi connectivity index (χ2v) is 3.75. The number of ketones is 1. The van der Waals surface area contributed by atoms with Crippen molar-refractivity contribution >= 4 is 17.4 Å². The smallest absolute Gasteiger partial charge is 0.212 e. The molecule has 0 amide bonds. The van der Waals surface area contributed by atoms with Gasteiger partial charge in [0.1, 0.15) is 11.5 Å². The minimum Gasteiger partial charge on any atom is -0.331 e. The molecule has 0 bridgehead atoms. The second-order valence-electron chi connectivity index (χ2n) is 3.34. The van der Waals surface area contributed by atoms with E-state index < -0.39 is 5.82 Å². The molecule has 5 heteroatoms. The lowest BCUT2D eigenvalue weighted by Crippen LogP contribution is -2.07. The first kappa shape index (κ1) is 10.8. The van der Waals surface area contributed by atoms with E-state index in [0.29, 0.717) is 5.69 Å². The maximum absolute atomic E-state index is 13.0. The van der Waals surface area contributed by atoms with Gasteiger partial charge >= 0.3 is 0 Å². The molecule has 0 radical (unpaired) electrons. The highest BCUT2D eigenvalue weighted by Gasteiger charge is 2.16. The number of nitrogens with zero attached hydrogens (tertiary/aromatic N) is 2. The van der Waals surface area contributed by atoms with Crippen molar-refractivity contribution in [2.24, 2.45) is 7.05 Å². The minimum atomic E-state index is -0.491. The van der Waals surface area contributed by atoms with Gasteiger partial charge in [0.2, 0.25) is 5.78 Å². The standard InChI is InChI=1S/C11H8ClFN2O/c1-15-6-14-5-10(15)11(16)8-4-7(13)2-3-9(8)12/h2-6H,1H3. The van der Waals surface area contributed by atoms with E-state index in [4.69, 9.17) is 11.6 Å². The molecule has 0 saturated carbocycles. The van der Waals surface area contributed by atoms with Crippen LogP contribution >= 0.6 is 11.6 Å². The second kappa shape index (κ2) is 4.06. The number of rotatable bonds is 2. The third-order valence-electron chi connectivity index (χ3n) is 2.22. The summed E-state index contributed by atoms with van der Waals surface area (Å²) >= 11 is 5.84. The molecule has 0 fully saturated rings. The van der Waals surface area contributed by atoms with Crippen LogP contribution in [-0.2, 0) is 7.05 Å². The topological polar surface area (TPSA) is 34.9 Å². The van der Waals surface area contributed by atoms with Crippen molar-refractivity contribution < 1.29 is 9.18 Å². The molecule has 2 aromatic rings. The Labute approximate surface area is 96.5 Å². The largest absolute Gasteiger partial charge is 0.331 e. The van der Waals surface area contributed by atoms with Crippen LogP contribution in [-0.4, -0.2) is 15.3 Å². The molecule has 0 aliphatic carbocycles. The number of aryl methyl sites for hydroxylation is 1. The van der Waals surface area contributed by atoms with Gasteiger partial charge in [0, 0.05) is 12.6 Å². The quantitative estimate of drug-likeness (QED) is 0.754. The first-order chi connectivity index (χ1) is 7.59. The van der Waals surface area contributed by atoms with Gasteiger partial charge in [-0.2, -0.15) is 0 Å². The van der Waals surface area contributed by atoms with E-state index in [1.807, 2.05) is 0 Å². The molecule has 0 aliphatic rings. The number of benzene rings is 1. The summed E-state index contributed by atoms with van der Waals surface area (Å²) in [5, 5.41) is 0.229. The Hall–Kier alpha value is -1.68. The van der Waals surface area contributed by atoms with Crippen LogP contribution in [0.3, 0.4) is 0 Å². The van der Waals surface area contributed by atoms with Crippen LogP contribution < -0.4 is 0 Å². The first-order valence-corrected chi connectivity index (χ1v) is 4.93. The van der Waals surface area contributed by atoms with E-state index in [-0.39, 0.29) is 16.4 Å². The lowest BCUT2D eigenvalue weighted by Gasteiger charge is -2.03. The molecule has 0 unspecified atom stereocenters. The van der Waals surface area contributed by atoms with Gasteiger partial charge < -0.3 is 4.57 Å². The molecule has 0 aliphatic heterocycles. The summed E-state index contributed by atoms with van der Waals surface area (Å²) in [5.41, 5.74) is 0.512. The normalized spacial score (nSPS) is 10.4. The molecule has 0 N–H and O–H groups in total. The van der Waals surface area contributed by atoms with Crippen molar-refractivity contribution in [2.75, 3.05) is 0 Å². The molecule has 3 nitrogen and oxygen atoms in total. The Morgan fingerprint density at radius 3 is 2.88 bits per heavy atom. The van der Waals surface area contributed by atoms with Crippen LogP contribution in [0.25, 0.3) is 0 Å². The fraction of sp³-hybridized carbons (Fsp3) is 0.0909. The molecule has 82 valence electrons. The van der Waals surface area contributed by atoms with E-state index in [9.17, 15) is 9.18 Å². The van der Waals surface area contributed by atoms with E-state index in [1.165, 1.54) is 24.7 Å². The van der Waals surface area contributed by atoms with Crippen LogP contribution in [0.1, 0.15) is 16.1 Å². The highest BCUT2D eigenvalue weighted by Crippen LogP contribution is 2.20. The maximum atomic E-state index is 13.0. The number of carbonyl (C=O) groups excluding carboxylic acids is 1. The average molecular weight is 239 g/mol. The Balaban J connectivity index is 2.49. The van der Waals surface area contributed by atoms with Crippen LogP contribution in [0, 0.1) is 5.82 Å². The Morgan fingerprint density at radius 2 is 2.25 bits per heavy atom. The molecule has 2 rings (SSSR count). The van der Waals surface area contributed by atoms with Gasteiger partial charge in [-0.15, -0.1) is 0 Å². The maximum Gasteiger partial charge on any atom is 0.212 e. The Morgan fingerprint density at radius 1 is 1.50 bits per heavy atom. The monoisotopic (exact) mass is 238 g/mol. The van der Waals surface area contributed by atoms with Crippen molar-refractivity contribution in [3.8, 4) is 0 Å². The third kappa shape index (κ3) is 1.84. The van der Waals surface area contributed by atoms with Crippen LogP contribution in [0.5, 0.6) is 0 Å². The van der Waals surface area contributed by atoms with Crippen molar-refractivity contribution in [3.05, 3.63) is 52.8 Å². The predicted octanol–water partition coefficient (Wildman–Crippen LogP) is 2.44. The van der Waals surface area contributed by atoms with Crippen LogP contribution in [0.15, 0.2) is 30.7 Å². The molecule has 1 aromatic heterocycles. The lowest BCUT2D eigenvalue weighted by atomic mass is 10.1. The van der Waals surface area contributed by atoms with Gasteiger partial charge in [0.05, 0.1) is 17.5 Å². The summed E-state index contributed by atoms with van der Waals surface area (Å²) in [7, 11) is 1.69. The average Bonchev–Trinajstić information content (AvgIpc) is 2.67. The van der Waals surface area contributed by atoms with Crippen molar-refractivity contribution in [1.82, 2.24) is 9.55 Å². The van der Waals surface area contributed by atoms with Crippen LogP contribution in [0.2, 0.25) is 5.02 Å². The number of imidazole rings is 1. The fourth-order valence-electron chi connectivity index (χ4n) is 1.39. The highest BCUT2D eigenvalue weighted by molar-refractivity contribution is 6.34. The van der Waals surface area contributed by atoms with Gasteiger partial charge in [-0.1, -0.05) is 11.6 Å². The molecule has 0 atom stereocenters. The van der Waals surface area contributed by atoms with E-state index >= 15 is 0 Å². The van der Waals surface area contributed by atoms with Crippen LogP contribution in [0.4, 0.5) is 4.39 Å². The summed E-state index contributed by atoms with van der Waals surface area (Å²) < 4.78 is 14.6. The summed E-state index contributed by atoms with van der Waals surface area (Å²) in [4.78, 5) is 15.8. The lowest BCUT2D eigenvalue weighted by molar-refractivity contribution is 0.103. The molecule has 0 spiro atoms. The number of hydrogen-bond donors (Lipinski definition) is 0. The van der Waals surface area contributed by atoms with Gasteiger partial charge in [-0.3, -0.25) is 4.79 Å². The SMILES string of the molecule is Cn1cncc1C(=O)c1cc(F)ccc1Cl. The highest BCUT2D eigenvalue weighted by atomic mass is 35.5. The van der Waals surface area contributed by atoms with Crippen molar-refractivity contribution in [3.63, 3.8) is 0 Å². The summed E-state index contributed by atoms with van der Waals surface area (Å²) in [6.45, 7) is 0. The first-order valence-electron chi connectivity index (χ1n) is 4.55. The minimum absolute atomic E-state index is 0.144. The van der Waals surface area contributed by atoms with Crippen molar-refractivity contribution in [1.29, 1.82) is 0 Å². The van der Waals surface area contributed by atoms with E-state index in [2.05, 4.69) is 4.98 Å². The summed E-state index contributed by atoms with van der Waals surface area (Å²) in [6, 6.07) is 3.69. The van der Waals surface area contributed by atoms with E-state index in [0.717, 1.165) is 6.07 Å². The fourth-order valence-corrected chi connectivity index (χ4v) is 1.59. The Bertz CT molecular complexity index is 551. The molecule has 0 saturated heterocycles. The molecular formula is C11H8ClFN2O. The molecular weight excluding hydrogens is 231 g/mol. The summed E-state index contributed by atoms with van der Waals surface area (Å²) in [6.07, 6.45) is 2.92. The van der Waals surface area contributed by atoms with E-state index in [1.54, 1.807) is 11.6 Å². The summed E-state index contributed by atoms with van der Waals surface area (Å²) in [5.74, 6) is -0.834. The van der Waals surface area contributed by atoms with Gasteiger partial charge in [0.15, 0.2) is 0 Å². The Kier molecular flexibility index (Phi) is 2.75. The molecule has 16 heavy (non-hydrogen) atoms. The zero-order valence-corrected chi connectivity index (χ0v) is 9.20. The number of carbonyl (C=O) groups is 1. The zero-order chi connectivity index (χ0) is 11.7. The van der Waals surface area contributed by atoms with Gasteiger partial charge in [-0.05, 0) is 18.2 Å². The molecule has 1 aromatic carbocycles. The third-order valence-corrected chi connectivity index (χ3v) is 2.55. The molecule has 1 heterocycles. The number of hydrogen-bond acceptors (Lipinski definition) is 2. The zero-order valence-electron chi connectivity index (χ0n) is 8.45. The van der Waals surface area contributed by atoms with Crippen molar-refractivity contribution in [2.45, 2.75) is 0 Å². The number of aromatic nitrogens is 2. The number of halogens is 2. The van der Waals surface area contributed by atoms with Gasteiger partial charge in [0.25, 0.3) is 0 Å².